The first kappa shape index (κ1) is 13.4. The third-order valence-corrected chi connectivity index (χ3v) is 3.39. The van der Waals surface area contributed by atoms with Crippen molar-refractivity contribution in [3.05, 3.63) is 62.5 Å². The van der Waals surface area contributed by atoms with Gasteiger partial charge in [0.05, 0.1) is 0 Å². The highest BCUT2D eigenvalue weighted by Gasteiger charge is 2.12. The Morgan fingerprint density at radius 3 is 2.50 bits per heavy atom. The fourth-order valence-electron chi connectivity index (χ4n) is 1.49. The predicted octanol–water partition coefficient (Wildman–Crippen LogP) is 4.17. The lowest BCUT2D eigenvalue weighted by atomic mass is 10.1. The summed E-state index contributed by atoms with van der Waals surface area (Å²) < 4.78 is 14.2. The maximum atomic E-state index is 12.7. The third-order valence-electron chi connectivity index (χ3n) is 2.35. The molecule has 0 aliphatic rings. The molecule has 0 aliphatic heterocycles. The van der Waals surface area contributed by atoms with Crippen LogP contribution in [0.5, 0.6) is 0 Å². The Morgan fingerprint density at radius 2 is 1.89 bits per heavy atom. The highest BCUT2D eigenvalue weighted by molar-refractivity contribution is 9.11. The molecule has 0 unspecified atom stereocenters. The minimum atomic E-state index is -0.311. The number of nitrogens with zero attached hydrogens (tertiary/aromatic N) is 1. The molecule has 1 aromatic heterocycles. The van der Waals surface area contributed by atoms with Crippen LogP contribution in [0.1, 0.15) is 16.1 Å². The summed E-state index contributed by atoms with van der Waals surface area (Å²) in [6.45, 7) is 0. The zero-order chi connectivity index (χ0) is 13.1. The van der Waals surface area contributed by atoms with Crippen molar-refractivity contribution in [3.63, 3.8) is 0 Å². The zero-order valence-corrected chi connectivity index (χ0v) is 12.3. The van der Waals surface area contributed by atoms with Crippen LogP contribution in [-0.4, -0.2) is 10.8 Å². The Bertz CT molecular complexity index is 584. The molecule has 0 N–H and O–H groups in total. The Balaban J connectivity index is 2.19. The summed E-state index contributed by atoms with van der Waals surface area (Å²) in [5, 5.41) is 0. The van der Waals surface area contributed by atoms with E-state index < -0.39 is 0 Å². The van der Waals surface area contributed by atoms with Crippen LogP contribution >= 0.6 is 31.9 Å². The largest absolute Gasteiger partial charge is 0.292 e. The van der Waals surface area contributed by atoms with Gasteiger partial charge in [0.1, 0.15) is 11.5 Å². The van der Waals surface area contributed by atoms with Crippen molar-refractivity contribution >= 4 is 37.6 Å². The lowest BCUT2D eigenvalue weighted by Gasteiger charge is -2.03. The molecule has 2 aromatic rings. The highest BCUT2D eigenvalue weighted by Crippen LogP contribution is 2.21. The molecule has 1 heterocycles. The minimum absolute atomic E-state index is 0.110. The van der Waals surface area contributed by atoms with Crippen molar-refractivity contribution in [1.29, 1.82) is 0 Å². The van der Waals surface area contributed by atoms with Crippen molar-refractivity contribution in [2.45, 2.75) is 6.42 Å². The summed E-state index contributed by atoms with van der Waals surface area (Å²) in [4.78, 5) is 16.1. The molecule has 0 atom stereocenters. The highest BCUT2D eigenvalue weighted by atomic mass is 79.9. The van der Waals surface area contributed by atoms with E-state index in [1.807, 2.05) is 0 Å². The molecule has 0 saturated carbocycles. The average molecular weight is 373 g/mol. The fraction of sp³-hybridized carbons (Fsp3) is 0.0769. The van der Waals surface area contributed by atoms with E-state index in [9.17, 15) is 9.18 Å². The number of halogens is 3. The molecule has 1 aromatic carbocycles. The second-order valence-corrected chi connectivity index (χ2v) is 5.48. The van der Waals surface area contributed by atoms with Crippen molar-refractivity contribution in [2.75, 3.05) is 0 Å². The van der Waals surface area contributed by atoms with Gasteiger partial charge in [-0.2, -0.15) is 0 Å². The molecular formula is C13H8Br2FNO. The number of hydrogen-bond donors (Lipinski definition) is 0. The monoisotopic (exact) mass is 371 g/mol. The first-order chi connectivity index (χ1) is 8.56. The standard InChI is InChI=1S/C13H8Br2FNO/c14-9-6-11(15)13(17-7-9)12(18)5-8-1-3-10(16)4-2-8/h1-4,6-7H,5H2. The molecule has 2 nitrogen and oxygen atoms in total. The maximum Gasteiger partial charge on any atom is 0.186 e. The topological polar surface area (TPSA) is 30.0 Å². The number of carbonyl (C=O) groups is 1. The van der Waals surface area contributed by atoms with Gasteiger partial charge in [0.25, 0.3) is 0 Å². The molecule has 0 saturated heterocycles. The summed E-state index contributed by atoms with van der Waals surface area (Å²) >= 11 is 6.57. The number of ketones is 1. The van der Waals surface area contributed by atoms with Gasteiger partial charge in [0.2, 0.25) is 0 Å². The van der Waals surface area contributed by atoms with Crippen LogP contribution in [0.2, 0.25) is 0 Å². The summed E-state index contributed by atoms with van der Waals surface area (Å²) in [7, 11) is 0. The Hall–Kier alpha value is -1.07. The molecule has 18 heavy (non-hydrogen) atoms. The van der Waals surface area contributed by atoms with Crippen LogP contribution in [0.3, 0.4) is 0 Å². The van der Waals surface area contributed by atoms with E-state index >= 15 is 0 Å². The van der Waals surface area contributed by atoms with E-state index in [2.05, 4.69) is 36.8 Å². The normalized spacial score (nSPS) is 10.4. The number of carbonyl (C=O) groups excluding carboxylic acids is 1. The minimum Gasteiger partial charge on any atom is -0.292 e. The summed E-state index contributed by atoms with van der Waals surface area (Å²) in [6.07, 6.45) is 1.77. The molecule has 0 bridgehead atoms. The van der Waals surface area contributed by atoms with Crippen LogP contribution in [0.4, 0.5) is 4.39 Å². The van der Waals surface area contributed by atoms with Crippen LogP contribution < -0.4 is 0 Å². The van der Waals surface area contributed by atoms with Gasteiger partial charge in [-0.25, -0.2) is 4.39 Å². The Kier molecular flexibility index (Phi) is 4.24. The number of pyridine rings is 1. The van der Waals surface area contributed by atoms with Crippen LogP contribution in [0.15, 0.2) is 45.5 Å². The molecule has 0 aliphatic carbocycles. The summed E-state index contributed by atoms with van der Waals surface area (Å²) in [5.74, 6) is -0.421. The van der Waals surface area contributed by atoms with E-state index in [1.54, 1.807) is 24.4 Å². The van der Waals surface area contributed by atoms with Gasteiger partial charge in [-0.1, -0.05) is 12.1 Å². The van der Waals surface area contributed by atoms with E-state index in [4.69, 9.17) is 0 Å². The van der Waals surface area contributed by atoms with Crippen molar-refractivity contribution in [3.8, 4) is 0 Å². The molecule has 5 heteroatoms. The second-order valence-electron chi connectivity index (χ2n) is 3.71. The van der Waals surface area contributed by atoms with Crippen molar-refractivity contribution in [1.82, 2.24) is 4.98 Å². The summed E-state index contributed by atoms with van der Waals surface area (Å²) in [5.41, 5.74) is 1.14. The van der Waals surface area contributed by atoms with Crippen molar-refractivity contribution < 1.29 is 9.18 Å². The van der Waals surface area contributed by atoms with Crippen LogP contribution in [0, 0.1) is 5.82 Å². The number of hydrogen-bond acceptors (Lipinski definition) is 2. The number of aromatic nitrogens is 1. The van der Waals surface area contributed by atoms with Gasteiger partial charge in [-0.3, -0.25) is 9.78 Å². The van der Waals surface area contributed by atoms with Gasteiger partial charge in [0.15, 0.2) is 5.78 Å². The van der Waals surface area contributed by atoms with Gasteiger partial charge in [0, 0.05) is 21.6 Å². The van der Waals surface area contributed by atoms with E-state index in [-0.39, 0.29) is 18.0 Å². The van der Waals surface area contributed by atoms with E-state index in [0.29, 0.717) is 10.2 Å². The maximum absolute atomic E-state index is 12.7. The first-order valence-corrected chi connectivity index (χ1v) is 6.73. The number of benzene rings is 1. The quantitative estimate of drug-likeness (QED) is 0.757. The zero-order valence-electron chi connectivity index (χ0n) is 9.16. The fourth-order valence-corrected chi connectivity index (χ4v) is 2.70. The first-order valence-electron chi connectivity index (χ1n) is 5.15. The lowest BCUT2D eigenvalue weighted by molar-refractivity contribution is 0.0987. The third kappa shape index (κ3) is 3.23. The average Bonchev–Trinajstić information content (AvgIpc) is 2.32. The van der Waals surface area contributed by atoms with Crippen molar-refractivity contribution in [2.24, 2.45) is 0 Å². The molecule has 2 rings (SSSR count). The number of rotatable bonds is 3. The molecule has 0 fully saturated rings. The molecule has 0 radical (unpaired) electrons. The van der Waals surface area contributed by atoms with Gasteiger partial charge in [-0.05, 0) is 55.6 Å². The summed E-state index contributed by atoms with van der Waals surface area (Å²) in [6, 6.07) is 7.64. The second kappa shape index (κ2) is 5.71. The van der Waals surface area contributed by atoms with Crippen LogP contribution in [0.25, 0.3) is 0 Å². The molecule has 92 valence electrons. The molecule has 0 amide bonds. The van der Waals surface area contributed by atoms with Gasteiger partial charge in [-0.15, -0.1) is 0 Å². The lowest BCUT2D eigenvalue weighted by Crippen LogP contribution is -2.07. The SMILES string of the molecule is O=C(Cc1ccc(F)cc1)c1ncc(Br)cc1Br. The molecular weight excluding hydrogens is 365 g/mol. The van der Waals surface area contributed by atoms with Gasteiger partial charge < -0.3 is 0 Å². The Labute approximate surface area is 121 Å². The van der Waals surface area contributed by atoms with Gasteiger partial charge >= 0.3 is 0 Å². The van der Waals surface area contributed by atoms with E-state index in [0.717, 1.165) is 10.0 Å². The smallest absolute Gasteiger partial charge is 0.186 e. The van der Waals surface area contributed by atoms with E-state index in [1.165, 1.54) is 12.1 Å². The molecule has 0 spiro atoms. The number of Topliss-reactive ketones (excluding diaryl/α,β-unsaturated/α-hetero) is 1. The van der Waals surface area contributed by atoms with Crippen LogP contribution in [-0.2, 0) is 6.42 Å². The predicted molar refractivity (Wildman–Crippen MR) is 74.1 cm³/mol. The Morgan fingerprint density at radius 1 is 1.22 bits per heavy atom.